The Kier molecular flexibility index (Phi) is 6.16. The van der Waals surface area contributed by atoms with Crippen LogP contribution in [0.25, 0.3) is 0 Å². The molecule has 0 aromatic carbocycles. The highest BCUT2D eigenvalue weighted by Gasteiger charge is 1.92. The van der Waals surface area contributed by atoms with Crippen molar-refractivity contribution in [1.29, 1.82) is 0 Å². The van der Waals surface area contributed by atoms with Gasteiger partial charge in [-0.2, -0.15) is 0 Å². The van der Waals surface area contributed by atoms with Gasteiger partial charge in [0.15, 0.2) is 0 Å². The SMILES string of the molecule is CCCCCc1ccco1.Cc1ccco1. The van der Waals surface area contributed by atoms with Gasteiger partial charge in [-0.1, -0.05) is 19.8 Å². The maximum absolute atomic E-state index is 5.18. The van der Waals surface area contributed by atoms with Crippen molar-refractivity contribution in [2.45, 2.75) is 39.5 Å². The van der Waals surface area contributed by atoms with Crippen molar-refractivity contribution in [3.05, 3.63) is 48.3 Å². The largest absolute Gasteiger partial charge is 0.470 e. The lowest BCUT2D eigenvalue weighted by Gasteiger charge is -1.93. The van der Waals surface area contributed by atoms with Crippen LogP contribution in [0.2, 0.25) is 0 Å². The number of unbranched alkanes of at least 4 members (excludes halogenated alkanes) is 2. The van der Waals surface area contributed by atoms with Gasteiger partial charge in [-0.3, -0.25) is 0 Å². The summed E-state index contributed by atoms with van der Waals surface area (Å²) in [5, 5.41) is 0. The monoisotopic (exact) mass is 220 g/mol. The first-order chi connectivity index (χ1) is 7.83. The van der Waals surface area contributed by atoms with E-state index in [1.54, 1.807) is 12.5 Å². The van der Waals surface area contributed by atoms with E-state index in [2.05, 4.69) is 6.92 Å². The molecule has 0 saturated carbocycles. The number of furan rings is 2. The van der Waals surface area contributed by atoms with E-state index >= 15 is 0 Å². The van der Waals surface area contributed by atoms with Crippen LogP contribution in [0.5, 0.6) is 0 Å². The lowest BCUT2D eigenvalue weighted by atomic mass is 10.2. The minimum atomic E-state index is 0.968. The van der Waals surface area contributed by atoms with Gasteiger partial charge < -0.3 is 8.83 Å². The van der Waals surface area contributed by atoms with Crippen LogP contribution in [0.3, 0.4) is 0 Å². The van der Waals surface area contributed by atoms with E-state index in [4.69, 9.17) is 8.83 Å². The molecule has 16 heavy (non-hydrogen) atoms. The second-order valence-electron chi connectivity index (χ2n) is 3.76. The first kappa shape index (κ1) is 12.6. The van der Waals surface area contributed by atoms with Gasteiger partial charge in [-0.05, 0) is 37.6 Å². The summed E-state index contributed by atoms with van der Waals surface area (Å²) in [6.07, 6.45) is 8.34. The van der Waals surface area contributed by atoms with Crippen molar-refractivity contribution in [2.75, 3.05) is 0 Å². The Morgan fingerprint density at radius 2 is 1.75 bits per heavy atom. The molecule has 0 amide bonds. The standard InChI is InChI=1S/C9H14O.C5H6O/c1-2-3-4-6-9-7-5-8-10-9;1-5-3-2-4-6-5/h5,7-8H,2-4,6H2,1H3;2-4H,1H3. The molecular formula is C14H20O2. The number of rotatable bonds is 4. The minimum absolute atomic E-state index is 0.968. The molecule has 0 aliphatic carbocycles. The van der Waals surface area contributed by atoms with Crippen molar-refractivity contribution < 1.29 is 8.83 Å². The Balaban J connectivity index is 0.000000181. The fourth-order valence-electron chi connectivity index (χ4n) is 1.36. The van der Waals surface area contributed by atoms with E-state index in [1.807, 2.05) is 31.2 Å². The molecule has 0 unspecified atom stereocenters. The molecule has 0 spiro atoms. The van der Waals surface area contributed by atoms with Gasteiger partial charge >= 0.3 is 0 Å². The summed E-state index contributed by atoms with van der Waals surface area (Å²) in [4.78, 5) is 0. The Labute approximate surface area is 97.3 Å². The summed E-state index contributed by atoms with van der Waals surface area (Å²) in [5.41, 5.74) is 0. The topological polar surface area (TPSA) is 26.3 Å². The molecule has 0 aliphatic rings. The number of hydrogen-bond acceptors (Lipinski definition) is 2. The molecular weight excluding hydrogens is 200 g/mol. The summed E-state index contributed by atoms with van der Waals surface area (Å²) < 4.78 is 10.0. The summed E-state index contributed by atoms with van der Waals surface area (Å²) in [7, 11) is 0. The molecule has 0 fully saturated rings. The van der Waals surface area contributed by atoms with Gasteiger partial charge in [-0.15, -0.1) is 0 Å². The Bertz CT molecular complexity index is 333. The highest BCUT2D eigenvalue weighted by atomic mass is 16.3. The van der Waals surface area contributed by atoms with Crippen LogP contribution in [-0.4, -0.2) is 0 Å². The Morgan fingerprint density at radius 3 is 2.19 bits per heavy atom. The number of aryl methyl sites for hydroxylation is 2. The van der Waals surface area contributed by atoms with E-state index < -0.39 is 0 Å². The Morgan fingerprint density at radius 1 is 1.00 bits per heavy atom. The van der Waals surface area contributed by atoms with Crippen molar-refractivity contribution >= 4 is 0 Å². The first-order valence-corrected chi connectivity index (χ1v) is 5.85. The third-order valence-electron chi connectivity index (χ3n) is 2.27. The highest BCUT2D eigenvalue weighted by molar-refractivity contribution is 4.97. The molecule has 2 heterocycles. The predicted molar refractivity (Wildman–Crippen MR) is 65.4 cm³/mol. The zero-order chi connectivity index (χ0) is 11.6. The maximum atomic E-state index is 5.18. The lowest BCUT2D eigenvalue weighted by molar-refractivity contribution is 0.497. The fraction of sp³-hybridized carbons (Fsp3) is 0.429. The highest BCUT2D eigenvalue weighted by Crippen LogP contribution is 2.06. The molecule has 2 nitrogen and oxygen atoms in total. The third-order valence-corrected chi connectivity index (χ3v) is 2.27. The molecule has 2 aromatic rings. The zero-order valence-electron chi connectivity index (χ0n) is 10.1. The van der Waals surface area contributed by atoms with E-state index in [0.29, 0.717) is 0 Å². The third kappa shape index (κ3) is 5.44. The summed E-state index contributed by atoms with van der Waals surface area (Å²) >= 11 is 0. The zero-order valence-corrected chi connectivity index (χ0v) is 10.1. The molecule has 2 rings (SSSR count). The Hall–Kier alpha value is -1.44. The average Bonchev–Trinajstić information content (AvgIpc) is 2.92. The van der Waals surface area contributed by atoms with E-state index in [-0.39, 0.29) is 0 Å². The van der Waals surface area contributed by atoms with Gasteiger partial charge in [0.2, 0.25) is 0 Å². The minimum Gasteiger partial charge on any atom is -0.470 e. The molecule has 0 aliphatic heterocycles. The molecule has 2 heteroatoms. The van der Waals surface area contributed by atoms with Crippen LogP contribution < -0.4 is 0 Å². The maximum Gasteiger partial charge on any atom is 0.103 e. The van der Waals surface area contributed by atoms with E-state index in [0.717, 1.165) is 17.9 Å². The van der Waals surface area contributed by atoms with Gasteiger partial charge in [0.25, 0.3) is 0 Å². The van der Waals surface area contributed by atoms with Crippen LogP contribution in [0, 0.1) is 6.92 Å². The second kappa shape index (κ2) is 7.80. The number of hydrogen-bond donors (Lipinski definition) is 0. The quantitative estimate of drug-likeness (QED) is 0.704. The molecule has 0 bridgehead atoms. The second-order valence-corrected chi connectivity index (χ2v) is 3.76. The molecule has 0 saturated heterocycles. The van der Waals surface area contributed by atoms with Gasteiger partial charge in [0.05, 0.1) is 12.5 Å². The molecule has 0 N–H and O–H groups in total. The summed E-state index contributed by atoms with van der Waals surface area (Å²) in [5.74, 6) is 2.09. The predicted octanol–water partition coefficient (Wildman–Crippen LogP) is 4.60. The first-order valence-electron chi connectivity index (χ1n) is 5.85. The fourth-order valence-corrected chi connectivity index (χ4v) is 1.36. The normalized spacial score (nSPS) is 9.62. The van der Waals surface area contributed by atoms with Gasteiger partial charge in [0.1, 0.15) is 11.5 Å². The molecule has 2 aromatic heterocycles. The van der Waals surface area contributed by atoms with Crippen LogP contribution in [0.15, 0.2) is 45.6 Å². The summed E-state index contributed by atoms with van der Waals surface area (Å²) in [6, 6.07) is 7.77. The molecule has 88 valence electrons. The molecule has 0 radical (unpaired) electrons. The van der Waals surface area contributed by atoms with Crippen molar-refractivity contribution in [1.82, 2.24) is 0 Å². The van der Waals surface area contributed by atoms with Crippen LogP contribution in [0.4, 0.5) is 0 Å². The van der Waals surface area contributed by atoms with Crippen LogP contribution >= 0.6 is 0 Å². The lowest BCUT2D eigenvalue weighted by Crippen LogP contribution is -1.80. The van der Waals surface area contributed by atoms with E-state index in [9.17, 15) is 0 Å². The molecule has 0 atom stereocenters. The van der Waals surface area contributed by atoms with Crippen molar-refractivity contribution in [2.24, 2.45) is 0 Å². The van der Waals surface area contributed by atoms with E-state index in [1.165, 1.54) is 19.3 Å². The smallest absolute Gasteiger partial charge is 0.103 e. The van der Waals surface area contributed by atoms with Gasteiger partial charge in [0, 0.05) is 6.42 Å². The van der Waals surface area contributed by atoms with Gasteiger partial charge in [-0.25, -0.2) is 0 Å². The van der Waals surface area contributed by atoms with Crippen molar-refractivity contribution in [3.63, 3.8) is 0 Å². The summed E-state index contributed by atoms with van der Waals surface area (Å²) in [6.45, 7) is 4.13. The van der Waals surface area contributed by atoms with Crippen molar-refractivity contribution in [3.8, 4) is 0 Å². The van der Waals surface area contributed by atoms with Crippen LogP contribution in [-0.2, 0) is 6.42 Å². The van der Waals surface area contributed by atoms with Crippen LogP contribution in [0.1, 0.15) is 37.7 Å². The average molecular weight is 220 g/mol.